The van der Waals surface area contributed by atoms with Crippen LogP contribution < -0.4 is 0 Å². The zero-order valence-corrected chi connectivity index (χ0v) is 22.1. The first-order valence-electron chi connectivity index (χ1n) is 11.3. The molecule has 1 saturated heterocycles. The molecule has 0 N–H and O–H groups in total. The number of benzene rings is 2. The number of likely N-dealkylation sites (N-methyl/N-ethyl adjacent to an activating group) is 1. The third kappa shape index (κ3) is 6.57. The van der Waals surface area contributed by atoms with E-state index in [1.54, 1.807) is 6.20 Å². The summed E-state index contributed by atoms with van der Waals surface area (Å²) in [6.45, 7) is 12.8. The number of aromatic nitrogens is 1. The smallest absolute Gasteiger partial charge is 0.242 e. The van der Waals surface area contributed by atoms with Gasteiger partial charge in [0, 0.05) is 48.8 Å². The van der Waals surface area contributed by atoms with Crippen molar-refractivity contribution in [3.05, 3.63) is 83.0 Å². The summed E-state index contributed by atoms with van der Waals surface area (Å²) < 4.78 is 27.5. The molecule has 1 aliphatic heterocycles. The second kappa shape index (κ2) is 11.5. The van der Waals surface area contributed by atoms with Crippen molar-refractivity contribution in [2.24, 2.45) is 0 Å². The van der Waals surface area contributed by atoms with Crippen LogP contribution in [0.15, 0.2) is 71.9 Å². The SMILES string of the molecule is C=CCS(=O)(=O)n1cc(CN2CCN(C)CC2)c2c(Br)cccc21.CC(C)c1ccccc1. The summed E-state index contributed by atoms with van der Waals surface area (Å²) in [5.41, 5.74) is 3.17. The summed E-state index contributed by atoms with van der Waals surface area (Å²) in [7, 11) is -1.30. The normalized spacial score (nSPS) is 15.4. The van der Waals surface area contributed by atoms with Gasteiger partial charge < -0.3 is 4.90 Å². The maximum Gasteiger partial charge on any atom is 0.242 e. The molecular formula is C26H34BrN3O2S. The Morgan fingerprint density at radius 3 is 2.27 bits per heavy atom. The first-order valence-corrected chi connectivity index (χ1v) is 13.7. The average Bonchev–Trinajstić information content (AvgIpc) is 3.17. The largest absolute Gasteiger partial charge is 0.304 e. The molecule has 2 heterocycles. The number of hydrogen-bond donors (Lipinski definition) is 0. The molecule has 0 spiro atoms. The van der Waals surface area contributed by atoms with E-state index in [0.29, 0.717) is 5.92 Å². The van der Waals surface area contributed by atoms with Gasteiger partial charge in [-0.25, -0.2) is 12.4 Å². The quantitative estimate of drug-likeness (QED) is 0.403. The average molecular weight is 533 g/mol. The maximum absolute atomic E-state index is 12.6. The molecule has 0 unspecified atom stereocenters. The van der Waals surface area contributed by atoms with Crippen LogP contribution in [0.3, 0.4) is 0 Å². The van der Waals surface area contributed by atoms with Crippen molar-refractivity contribution in [2.75, 3.05) is 39.0 Å². The molecule has 2 aromatic carbocycles. The molecule has 5 nitrogen and oxygen atoms in total. The van der Waals surface area contributed by atoms with Crippen LogP contribution in [-0.4, -0.2) is 61.2 Å². The van der Waals surface area contributed by atoms with Gasteiger partial charge in [0.2, 0.25) is 10.0 Å². The lowest BCUT2D eigenvalue weighted by Crippen LogP contribution is -2.43. The van der Waals surface area contributed by atoms with Gasteiger partial charge in [-0.05, 0) is 36.2 Å². The topological polar surface area (TPSA) is 45.6 Å². The van der Waals surface area contributed by atoms with Crippen molar-refractivity contribution >= 4 is 36.9 Å². The Morgan fingerprint density at radius 2 is 1.70 bits per heavy atom. The van der Waals surface area contributed by atoms with Crippen molar-refractivity contribution < 1.29 is 8.42 Å². The third-order valence-electron chi connectivity index (χ3n) is 5.91. The van der Waals surface area contributed by atoms with Gasteiger partial charge in [0.15, 0.2) is 0 Å². The molecule has 1 aliphatic rings. The van der Waals surface area contributed by atoms with Gasteiger partial charge in [0.05, 0.1) is 11.3 Å². The van der Waals surface area contributed by atoms with Gasteiger partial charge in [-0.1, -0.05) is 72.3 Å². The summed E-state index contributed by atoms with van der Waals surface area (Å²) in [6, 6.07) is 16.2. The van der Waals surface area contributed by atoms with Crippen LogP contribution >= 0.6 is 15.9 Å². The molecule has 4 rings (SSSR count). The van der Waals surface area contributed by atoms with Gasteiger partial charge >= 0.3 is 0 Å². The zero-order chi connectivity index (χ0) is 24.0. The summed E-state index contributed by atoms with van der Waals surface area (Å²) in [4.78, 5) is 4.68. The van der Waals surface area contributed by atoms with Crippen molar-refractivity contribution in [1.82, 2.24) is 13.8 Å². The van der Waals surface area contributed by atoms with Crippen molar-refractivity contribution in [3.63, 3.8) is 0 Å². The minimum atomic E-state index is -3.43. The Kier molecular flexibility index (Phi) is 8.93. The fourth-order valence-electron chi connectivity index (χ4n) is 3.95. The van der Waals surface area contributed by atoms with Crippen molar-refractivity contribution in [3.8, 4) is 0 Å². The van der Waals surface area contributed by atoms with Crippen LogP contribution in [0.4, 0.5) is 0 Å². The third-order valence-corrected chi connectivity index (χ3v) is 8.13. The van der Waals surface area contributed by atoms with Crippen LogP contribution in [0.2, 0.25) is 0 Å². The van der Waals surface area contributed by atoms with Crippen LogP contribution in [0.1, 0.15) is 30.9 Å². The van der Waals surface area contributed by atoms with E-state index in [1.807, 2.05) is 24.3 Å². The number of hydrogen-bond acceptors (Lipinski definition) is 4. The highest BCUT2D eigenvalue weighted by atomic mass is 79.9. The molecule has 0 bridgehead atoms. The number of fused-ring (bicyclic) bond motifs is 1. The summed E-state index contributed by atoms with van der Waals surface area (Å²) in [5.74, 6) is 0.586. The van der Waals surface area contributed by atoms with Crippen LogP contribution in [0.25, 0.3) is 10.9 Å². The van der Waals surface area contributed by atoms with E-state index in [2.05, 4.69) is 77.5 Å². The van der Waals surface area contributed by atoms with E-state index in [-0.39, 0.29) is 5.75 Å². The van der Waals surface area contributed by atoms with Crippen LogP contribution in [-0.2, 0) is 16.6 Å². The van der Waals surface area contributed by atoms with E-state index in [9.17, 15) is 8.42 Å². The molecular weight excluding hydrogens is 498 g/mol. The van der Waals surface area contributed by atoms with Crippen molar-refractivity contribution in [2.45, 2.75) is 26.3 Å². The van der Waals surface area contributed by atoms with E-state index in [0.717, 1.165) is 53.7 Å². The maximum atomic E-state index is 12.6. The molecule has 3 aromatic rings. The lowest BCUT2D eigenvalue weighted by atomic mass is 10.0. The second-order valence-electron chi connectivity index (χ2n) is 8.80. The molecule has 178 valence electrons. The van der Waals surface area contributed by atoms with Gasteiger partial charge in [0.1, 0.15) is 0 Å². The molecule has 1 fully saturated rings. The lowest BCUT2D eigenvalue weighted by molar-refractivity contribution is 0.148. The Hall–Kier alpha value is -1.93. The van der Waals surface area contributed by atoms with Gasteiger partial charge in [-0.15, -0.1) is 6.58 Å². The Morgan fingerprint density at radius 1 is 1.03 bits per heavy atom. The van der Waals surface area contributed by atoms with E-state index < -0.39 is 10.0 Å². The first kappa shape index (κ1) is 25.7. The zero-order valence-electron chi connectivity index (χ0n) is 19.7. The Balaban J connectivity index is 0.000000286. The Bertz CT molecular complexity index is 1160. The molecule has 33 heavy (non-hydrogen) atoms. The molecule has 0 amide bonds. The minimum Gasteiger partial charge on any atom is -0.304 e. The van der Waals surface area contributed by atoms with Gasteiger partial charge in [-0.3, -0.25) is 4.90 Å². The summed E-state index contributed by atoms with van der Waals surface area (Å²) in [6.07, 6.45) is 3.20. The highest BCUT2D eigenvalue weighted by Gasteiger charge is 2.21. The first-order chi connectivity index (χ1) is 15.7. The fourth-order valence-corrected chi connectivity index (χ4v) is 5.76. The Labute approximate surface area is 206 Å². The summed E-state index contributed by atoms with van der Waals surface area (Å²) in [5, 5.41) is 0.976. The predicted octanol–water partition coefficient (Wildman–Crippen LogP) is 5.33. The van der Waals surface area contributed by atoms with Crippen LogP contribution in [0.5, 0.6) is 0 Å². The number of rotatable bonds is 6. The fraction of sp³-hybridized carbons (Fsp3) is 0.385. The molecule has 7 heteroatoms. The second-order valence-corrected chi connectivity index (χ2v) is 11.5. The standard InChI is InChI=1S/C17H22BrN3O2S.C9H12/c1-3-11-24(22,23)21-13-14(12-20-9-7-19(2)8-10-20)17-15(18)5-4-6-16(17)21;1-8(2)9-6-4-3-5-7-9/h3-6,13H,1,7-12H2,2H3;3-8H,1-2H3. The highest BCUT2D eigenvalue weighted by Crippen LogP contribution is 2.31. The summed E-state index contributed by atoms with van der Waals surface area (Å²) >= 11 is 3.59. The highest BCUT2D eigenvalue weighted by molar-refractivity contribution is 9.10. The van der Waals surface area contributed by atoms with E-state index in [1.165, 1.54) is 15.6 Å². The van der Waals surface area contributed by atoms with Crippen LogP contribution in [0, 0.1) is 0 Å². The molecule has 0 atom stereocenters. The molecule has 0 saturated carbocycles. The van der Waals surface area contributed by atoms with Gasteiger partial charge in [-0.2, -0.15) is 0 Å². The van der Waals surface area contributed by atoms with Crippen molar-refractivity contribution in [1.29, 1.82) is 0 Å². The van der Waals surface area contributed by atoms with Gasteiger partial charge in [0.25, 0.3) is 0 Å². The number of halogens is 1. The predicted molar refractivity (Wildman–Crippen MR) is 142 cm³/mol. The molecule has 1 aromatic heterocycles. The molecule has 0 radical (unpaired) electrons. The number of nitrogens with zero attached hydrogens (tertiary/aromatic N) is 3. The van der Waals surface area contributed by atoms with E-state index in [4.69, 9.17) is 0 Å². The lowest BCUT2D eigenvalue weighted by Gasteiger charge is -2.32. The molecule has 0 aliphatic carbocycles. The van der Waals surface area contributed by atoms with E-state index >= 15 is 0 Å². The monoisotopic (exact) mass is 531 g/mol. The minimum absolute atomic E-state index is 0.0722. The number of piperazine rings is 1.